The molecule has 0 aliphatic carbocycles. The summed E-state index contributed by atoms with van der Waals surface area (Å²) in [5, 5.41) is 5.58. The van der Waals surface area contributed by atoms with Gasteiger partial charge in [-0.1, -0.05) is 12.1 Å². The topological polar surface area (TPSA) is 115 Å². The second-order valence-corrected chi connectivity index (χ2v) is 8.35. The summed E-state index contributed by atoms with van der Waals surface area (Å²) in [6.07, 6.45) is -1.57. The Morgan fingerprint density at radius 2 is 1.86 bits per heavy atom. The highest BCUT2D eigenvalue weighted by Crippen LogP contribution is 2.24. The molecule has 2 N–H and O–H groups in total. The summed E-state index contributed by atoms with van der Waals surface area (Å²) in [7, 11) is 1.50. The summed E-state index contributed by atoms with van der Waals surface area (Å²) < 4.78 is 27.2. The number of alkyl halides is 1. The van der Waals surface area contributed by atoms with Crippen LogP contribution in [0.25, 0.3) is 10.9 Å². The Kier molecular flexibility index (Phi) is 8.04. The van der Waals surface area contributed by atoms with Gasteiger partial charge in [-0.05, 0) is 37.3 Å². The van der Waals surface area contributed by atoms with E-state index in [2.05, 4.69) is 15.6 Å². The molecule has 36 heavy (non-hydrogen) atoms. The zero-order valence-electron chi connectivity index (χ0n) is 20.1. The van der Waals surface area contributed by atoms with Gasteiger partial charge in [0.15, 0.2) is 11.6 Å². The van der Waals surface area contributed by atoms with Crippen LogP contribution in [0.3, 0.4) is 0 Å². The monoisotopic (exact) mass is 497 g/mol. The Balaban J connectivity index is 1.61. The van der Waals surface area contributed by atoms with E-state index in [9.17, 15) is 14.4 Å². The predicted molar refractivity (Wildman–Crippen MR) is 133 cm³/mol. The first-order valence-electron chi connectivity index (χ1n) is 11.6. The molecule has 0 spiro atoms. The SMILES string of the molecule is COCCn1c(C(F)N2CCOCC2)nc2ccc(NC(=O)Nc3cccc(C(C)=O)c3)cc2c1=O. The lowest BCUT2D eigenvalue weighted by Crippen LogP contribution is -2.40. The minimum absolute atomic E-state index is 0.00950. The number of methoxy groups -OCH3 is 1. The van der Waals surface area contributed by atoms with Gasteiger partial charge in [0, 0.05) is 37.1 Å². The molecule has 1 aliphatic heterocycles. The Hall–Kier alpha value is -3.67. The number of ketones is 1. The highest BCUT2D eigenvalue weighted by Gasteiger charge is 2.27. The predicted octanol–water partition coefficient (Wildman–Crippen LogP) is 3.19. The van der Waals surface area contributed by atoms with Crippen molar-refractivity contribution in [1.82, 2.24) is 14.5 Å². The fraction of sp³-hybridized carbons (Fsp3) is 0.360. The standard InChI is InChI=1S/C25H28FN5O5/c1-16(32)17-4-3-5-18(14-17)27-25(34)28-19-6-7-21-20(15-19)24(33)31(10-11-35-2)23(29-21)22(26)30-8-12-36-13-9-30/h3-7,14-15,22H,8-13H2,1-2H3,(H2,27,28,34). The summed E-state index contributed by atoms with van der Waals surface area (Å²) in [6.45, 7) is 3.38. The molecule has 2 heterocycles. The largest absolute Gasteiger partial charge is 0.383 e. The van der Waals surface area contributed by atoms with Gasteiger partial charge in [-0.15, -0.1) is 0 Å². The van der Waals surface area contributed by atoms with Gasteiger partial charge < -0.3 is 20.1 Å². The van der Waals surface area contributed by atoms with Crippen molar-refractivity contribution in [3.8, 4) is 0 Å². The quantitative estimate of drug-likeness (QED) is 0.363. The Bertz CT molecular complexity index is 1320. The van der Waals surface area contributed by atoms with Crippen LogP contribution in [0, 0.1) is 0 Å². The van der Waals surface area contributed by atoms with Crippen molar-refractivity contribution in [2.75, 3.05) is 50.7 Å². The van der Waals surface area contributed by atoms with Crippen LogP contribution in [-0.4, -0.2) is 66.3 Å². The lowest BCUT2D eigenvalue weighted by atomic mass is 10.1. The molecule has 1 atom stereocenters. The molecule has 1 fully saturated rings. The van der Waals surface area contributed by atoms with Gasteiger partial charge in [-0.2, -0.15) is 0 Å². The molecular formula is C25H28FN5O5. The van der Waals surface area contributed by atoms with E-state index < -0.39 is 17.9 Å². The summed E-state index contributed by atoms with van der Waals surface area (Å²) in [6, 6.07) is 10.7. The number of urea groups is 1. The summed E-state index contributed by atoms with van der Waals surface area (Å²) >= 11 is 0. The van der Waals surface area contributed by atoms with E-state index in [1.165, 1.54) is 24.7 Å². The maximum Gasteiger partial charge on any atom is 0.323 e. The number of halogens is 1. The molecule has 1 saturated heterocycles. The third-order valence-electron chi connectivity index (χ3n) is 5.87. The number of hydrogen-bond donors (Lipinski definition) is 2. The van der Waals surface area contributed by atoms with Gasteiger partial charge in [-0.25, -0.2) is 14.2 Å². The number of benzene rings is 2. The first-order chi connectivity index (χ1) is 17.4. The average molecular weight is 498 g/mol. The van der Waals surface area contributed by atoms with Crippen LogP contribution in [0.1, 0.15) is 29.4 Å². The Labute approximate surface area is 207 Å². The number of nitrogens with one attached hydrogen (secondary N) is 2. The highest BCUT2D eigenvalue weighted by molar-refractivity contribution is 6.02. The lowest BCUT2D eigenvalue weighted by molar-refractivity contribution is -0.0266. The summed E-state index contributed by atoms with van der Waals surface area (Å²) in [5.74, 6) is -0.107. The fourth-order valence-corrected chi connectivity index (χ4v) is 3.97. The van der Waals surface area contributed by atoms with Crippen LogP contribution in [0.4, 0.5) is 20.6 Å². The molecule has 3 aromatic rings. The smallest absolute Gasteiger partial charge is 0.323 e. The number of aromatic nitrogens is 2. The van der Waals surface area contributed by atoms with Gasteiger partial charge in [-0.3, -0.25) is 19.1 Å². The van der Waals surface area contributed by atoms with Crippen molar-refractivity contribution in [2.24, 2.45) is 0 Å². The van der Waals surface area contributed by atoms with Crippen molar-refractivity contribution in [3.63, 3.8) is 0 Å². The molecule has 1 unspecified atom stereocenters. The molecule has 0 radical (unpaired) electrons. The highest BCUT2D eigenvalue weighted by atomic mass is 19.1. The van der Waals surface area contributed by atoms with Crippen molar-refractivity contribution in [1.29, 1.82) is 0 Å². The minimum atomic E-state index is -1.57. The number of ether oxygens (including phenoxy) is 2. The normalized spacial score (nSPS) is 15.0. The van der Waals surface area contributed by atoms with Gasteiger partial charge in [0.25, 0.3) is 5.56 Å². The van der Waals surface area contributed by atoms with Crippen molar-refractivity contribution in [3.05, 3.63) is 64.2 Å². The fourth-order valence-electron chi connectivity index (χ4n) is 3.97. The van der Waals surface area contributed by atoms with Crippen LogP contribution in [-0.2, 0) is 16.0 Å². The maximum absolute atomic E-state index is 15.5. The number of carbonyl (C=O) groups is 2. The Morgan fingerprint density at radius 1 is 1.14 bits per heavy atom. The minimum Gasteiger partial charge on any atom is -0.383 e. The van der Waals surface area contributed by atoms with Crippen molar-refractivity contribution in [2.45, 2.75) is 19.8 Å². The van der Waals surface area contributed by atoms with E-state index in [-0.39, 0.29) is 30.1 Å². The number of amides is 2. The molecule has 2 aromatic carbocycles. The molecule has 0 bridgehead atoms. The Morgan fingerprint density at radius 3 is 2.56 bits per heavy atom. The van der Waals surface area contributed by atoms with Crippen LogP contribution in [0.2, 0.25) is 0 Å². The lowest BCUT2D eigenvalue weighted by Gasteiger charge is -2.30. The van der Waals surface area contributed by atoms with Gasteiger partial charge in [0.2, 0.25) is 6.30 Å². The second kappa shape index (κ2) is 11.4. The number of carbonyl (C=O) groups excluding carboxylic acids is 2. The van der Waals surface area contributed by atoms with Crippen LogP contribution in [0.15, 0.2) is 47.3 Å². The molecule has 10 nitrogen and oxygen atoms in total. The van der Waals surface area contributed by atoms with E-state index >= 15 is 4.39 Å². The molecular weight excluding hydrogens is 469 g/mol. The van der Waals surface area contributed by atoms with E-state index in [0.29, 0.717) is 48.8 Å². The van der Waals surface area contributed by atoms with Gasteiger partial charge in [0.05, 0.1) is 37.3 Å². The third kappa shape index (κ3) is 5.76. The van der Waals surface area contributed by atoms with E-state index in [0.717, 1.165) is 0 Å². The van der Waals surface area contributed by atoms with E-state index in [1.807, 2.05) is 0 Å². The van der Waals surface area contributed by atoms with Gasteiger partial charge in [0.1, 0.15) is 0 Å². The van der Waals surface area contributed by atoms with E-state index in [1.54, 1.807) is 41.3 Å². The number of fused-ring (bicyclic) bond motifs is 1. The number of morpholine rings is 1. The first kappa shape index (κ1) is 25.4. The number of nitrogens with zero attached hydrogens (tertiary/aromatic N) is 3. The molecule has 4 rings (SSSR count). The average Bonchev–Trinajstić information content (AvgIpc) is 2.88. The van der Waals surface area contributed by atoms with E-state index in [4.69, 9.17) is 9.47 Å². The van der Waals surface area contributed by atoms with Crippen molar-refractivity contribution < 1.29 is 23.5 Å². The first-order valence-corrected chi connectivity index (χ1v) is 11.6. The number of hydrogen-bond acceptors (Lipinski definition) is 7. The molecule has 190 valence electrons. The molecule has 11 heteroatoms. The van der Waals surface area contributed by atoms with Crippen LogP contribution >= 0.6 is 0 Å². The van der Waals surface area contributed by atoms with Gasteiger partial charge >= 0.3 is 6.03 Å². The summed E-state index contributed by atoms with van der Waals surface area (Å²) in [5.41, 5.74) is 1.17. The zero-order valence-corrected chi connectivity index (χ0v) is 20.1. The molecule has 1 aliphatic rings. The maximum atomic E-state index is 15.5. The molecule has 0 saturated carbocycles. The third-order valence-corrected chi connectivity index (χ3v) is 5.87. The summed E-state index contributed by atoms with van der Waals surface area (Å²) in [4.78, 5) is 43.5. The van der Waals surface area contributed by atoms with Crippen LogP contribution in [0.5, 0.6) is 0 Å². The zero-order chi connectivity index (χ0) is 25.7. The second-order valence-electron chi connectivity index (χ2n) is 8.35. The van der Waals surface area contributed by atoms with Crippen molar-refractivity contribution >= 4 is 34.1 Å². The van der Waals surface area contributed by atoms with Crippen LogP contribution < -0.4 is 16.2 Å². The number of rotatable bonds is 8. The number of anilines is 2. The molecule has 2 amide bonds. The number of Topliss-reactive ketones (excluding diaryl/α,β-unsaturated/α-hetero) is 1. The molecule has 1 aromatic heterocycles.